The summed E-state index contributed by atoms with van der Waals surface area (Å²) in [4.78, 5) is 9.32. The molecule has 2 heterocycles. The van der Waals surface area contributed by atoms with Crippen molar-refractivity contribution in [3.05, 3.63) is 94.3 Å². The number of nitrogens with zero attached hydrogens (tertiary/aromatic N) is 2. The molecule has 0 saturated heterocycles. The number of halogens is 1. The Morgan fingerprint density at radius 3 is 2.50 bits per heavy atom. The van der Waals surface area contributed by atoms with E-state index in [1.54, 1.807) is 12.3 Å². The van der Waals surface area contributed by atoms with Gasteiger partial charge in [-0.3, -0.25) is 9.97 Å². The lowest BCUT2D eigenvalue weighted by atomic mass is 9.77. The van der Waals surface area contributed by atoms with E-state index in [2.05, 4.69) is 55.1 Å². The molecule has 1 unspecified atom stereocenters. The first-order valence-electron chi connectivity index (χ1n) is 11.4. The predicted octanol–water partition coefficient (Wildman–Crippen LogP) is 5.00. The summed E-state index contributed by atoms with van der Waals surface area (Å²) >= 11 is 0. The maximum absolute atomic E-state index is 14.6. The zero-order valence-corrected chi connectivity index (χ0v) is 19.7. The molecule has 1 aromatic carbocycles. The van der Waals surface area contributed by atoms with Crippen LogP contribution in [0.5, 0.6) is 0 Å². The molecule has 0 aliphatic carbocycles. The summed E-state index contributed by atoms with van der Waals surface area (Å²) in [6.45, 7) is 9.55. The van der Waals surface area contributed by atoms with E-state index in [4.69, 9.17) is 5.73 Å². The van der Waals surface area contributed by atoms with Crippen molar-refractivity contribution in [2.24, 2.45) is 5.73 Å². The summed E-state index contributed by atoms with van der Waals surface area (Å²) in [7, 11) is 0. The largest absolute Gasteiger partial charge is 0.330 e. The van der Waals surface area contributed by atoms with E-state index in [0.717, 1.165) is 36.2 Å². The molecule has 32 heavy (non-hydrogen) atoms. The number of benzene rings is 1. The lowest BCUT2D eigenvalue weighted by molar-refractivity contribution is 0.454. The lowest BCUT2D eigenvalue weighted by Crippen LogP contribution is -2.33. The fourth-order valence-electron chi connectivity index (χ4n) is 4.33. The van der Waals surface area contributed by atoms with Gasteiger partial charge in [-0.25, -0.2) is 4.39 Å². The van der Waals surface area contributed by atoms with E-state index in [9.17, 15) is 4.39 Å². The molecule has 3 N–H and O–H groups in total. The Bertz CT molecular complexity index is 1030. The maximum Gasteiger partial charge on any atom is 0.127 e. The van der Waals surface area contributed by atoms with Crippen LogP contribution >= 0.6 is 0 Å². The van der Waals surface area contributed by atoms with Gasteiger partial charge in [0.15, 0.2) is 0 Å². The van der Waals surface area contributed by atoms with Crippen LogP contribution in [-0.2, 0) is 18.4 Å². The molecule has 0 radical (unpaired) electrons. The van der Waals surface area contributed by atoms with Crippen LogP contribution < -0.4 is 11.1 Å². The van der Waals surface area contributed by atoms with Gasteiger partial charge in [0.2, 0.25) is 0 Å². The molecule has 0 fully saturated rings. The fraction of sp³-hybridized carbons (Fsp3) is 0.407. The number of aromatic nitrogens is 2. The van der Waals surface area contributed by atoms with E-state index >= 15 is 0 Å². The molecule has 0 amide bonds. The van der Waals surface area contributed by atoms with Crippen LogP contribution in [0.1, 0.15) is 60.3 Å². The quantitative estimate of drug-likeness (QED) is 0.471. The first-order chi connectivity index (χ1) is 15.3. The Balaban J connectivity index is 1.82. The topological polar surface area (TPSA) is 63.8 Å². The third-order valence-electron chi connectivity index (χ3n) is 6.19. The molecular formula is C27H35FN4. The highest BCUT2D eigenvalue weighted by Crippen LogP contribution is 2.34. The van der Waals surface area contributed by atoms with Gasteiger partial charge in [0.25, 0.3) is 0 Å². The van der Waals surface area contributed by atoms with E-state index in [-0.39, 0.29) is 11.9 Å². The zero-order valence-electron chi connectivity index (χ0n) is 19.7. The van der Waals surface area contributed by atoms with Crippen LogP contribution in [0.4, 0.5) is 4.39 Å². The number of rotatable bonds is 10. The van der Waals surface area contributed by atoms with Crippen molar-refractivity contribution >= 4 is 0 Å². The second kappa shape index (κ2) is 10.8. The number of nitrogens with one attached hydrogen (secondary N) is 1. The van der Waals surface area contributed by atoms with Crippen LogP contribution in [0.25, 0.3) is 0 Å². The number of aryl methyl sites for hydroxylation is 2. The van der Waals surface area contributed by atoms with Gasteiger partial charge >= 0.3 is 0 Å². The normalized spacial score (nSPS) is 12.7. The molecule has 170 valence electrons. The van der Waals surface area contributed by atoms with Crippen LogP contribution in [-0.4, -0.2) is 22.6 Å². The van der Waals surface area contributed by atoms with Gasteiger partial charge in [-0.2, -0.15) is 0 Å². The Labute approximate surface area is 191 Å². The Hall–Kier alpha value is -2.63. The van der Waals surface area contributed by atoms with Crippen LogP contribution in [0.15, 0.2) is 54.9 Å². The van der Waals surface area contributed by atoms with Crippen LogP contribution in [0.3, 0.4) is 0 Å². The Morgan fingerprint density at radius 2 is 1.78 bits per heavy atom. The monoisotopic (exact) mass is 434 g/mol. The fourth-order valence-corrected chi connectivity index (χ4v) is 4.33. The second-order valence-electron chi connectivity index (χ2n) is 9.09. The molecule has 0 spiro atoms. The number of nitrogens with two attached hydrogens (primary N) is 1. The minimum absolute atomic E-state index is 0.193. The van der Waals surface area contributed by atoms with Crippen molar-refractivity contribution < 1.29 is 4.39 Å². The third-order valence-corrected chi connectivity index (χ3v) is 6.19. The van der Waals surface area contributed by atoms with Gasteiger partial charge in [-0.15, -0.1) is 0 Å². The average Bonchev–Trinajstić information content (AvgIpc) is 2.77. The minimum Gasteiger partial charge on any atom is -0.330 e. The van der Waals surface area contributed by atoms with Gasteiger partial charge in [0.1, 0.15) is 5.82 Å². The summed E-state index contributed by atoms with van der Waals surface area (Å²) < 4.78 is 14.6. The number of hydrogen-bond donors (Lipinski definition) is 2. The SMILES string of the molecule is Cc1cnc(CC(CCCN)NCc2ncccc2C(C)(C)c2ccccc2F)c(C)c1. The summed E-state index contributed by atoms with van der Waals surface area (Å²) in [5.41, 5.74) is 11.4. The molecule has 0 bridgehead atoms. The number of hydrogen-bond acceptors (Lipinski definition) is 4. The molecule has 5 heteroatoms. The van der Waals surface area contributed by atoms with E-state index < -0.39 is 5.41 Å². The van der Waals surface area contributed by atoms with E-state index in [1.807, 2.05) is 24.4 Å². The summed E-state index contributed by atoms with van der Waals surface area (Å²) in [6, 6.07) is 13.4. The van der Waals surface area contributed by atoms with Crippen molar-refractivity contribution in [2.75, 3.05) is 6.54 Å². The smallest absolute Gasteiger partial charge is 0.127 e. The van der Waals surface area contributed by atoms with Gasteiger partial charge in [-0.1, -0.05) is 44.2 Å². The van der Waals surface area contributed by atoms with E-state index in [0.29, 0.717) is 18.7 Å². The summed E-state index contributed by atoms with van der Waals surface area (Å²) in [6.07, 6.45) is 6.47. The minimum atomic E-state index is -0.502. The molecule has 3 aromatic rings. The van der Waals surface area contributed by atoms with Crippen molar-refractivity contribution in [3.8, 4) is 0 Å². The summed E-state index contributed by atoms with van der Waals surface area (Å²) in [5.74, 6) is -0.193. The average molecular weight is 435 g/mol. The van der Waals surface area contributed by atoms with Crippen molar-refractivity contribution in [1.82, 2.24) is 15.3 Å². The first-order valence-corrected chi connectivity index (χ1v) is 11.4. The molecule has 3 rings (SSSR count). The van der Waals surface area contributed by atoms with Gasteiger partial charge in [0.05, 0.1) is 5.69 Å². The van der Waals surface area contributed by atoms with Crippen molar-refractivity contribution in [3.63, 3.8) is 0 Å². The third kappa shape index (κ3) is 5.78. The highest BCUT2D eigenvalue weighted by atomic mass is 19.1. The molecule has 1 atom stereocenters. The lowest BCUT2D eigenvalue weighted by Gasteiger charge is -2.29. The molecule has 0 aliphatic heterocycles. The molecule has 0 saturated carbocycles. The zero-order chi connectivity index (χ0) is 23.1. The highest BCUT2D eigenvalue weighted by molar-refractivity contribution is 5.40. The molecule has 0 aliphatic rings. The Kier molecular flexibility index (Phi) is 8.10. The van der Waals surface area contributed by atoms with Gasteiger partial charge in [0, 0.05) is 42.5 Å². The van der Waals surface area contributed by atoms with Gasteiger partial charge in [-0.05, 0) is 67.6 Å². The van der Waals surface area contributed by atoms with Gasteiger partial charge < -0.3 is 11.1 Å². The van der Waals surface area contributed by atoms with Crippen molar-refractivity contribution in [1.29, 1.82) is 0 Å². The highest BCUT2D eigenvalue weighted by Gasteiger charge is 2.29. The van der Waals surface area contributed by atoms with Crippen LogP contribution in [0.2, 0.25) is 0 Å². The van der Waals surface area contributed by atoms with Crippen LogP contribution in [0, 0.1) is 19.7 Å². The second-order valence-corrected chi connectivity index (χ2v) is 9.09. The summed E-state index contributed by atoms with van der Waals surface area (Å²) in [5, 5.41) is 3.69. The standard InChI is InChI=1S/C27H35FN4/c1-19-15-20(2)25(32-17-19)16-21(9-7-13-29)31-18-26-23(11-8-14-30-26)27(3,4)22-10-5-6-12-24(22)28/h5-6,8,10-12,14-15,17,21,31H,7,9,13,16,18,29H2,1-4H3. The van der Waals surface area contributed by atoms with Crippen molar-refractivity contribution in [2.45, 2.75) is 65.0 Å². The van der Waals surface area contributed by atoms with E-state index in [1.165, 1.54) is 17.2 Å². The maximum atomic E-state index is 14.6. The molecule has 2 aromatic heterocycles. The predicted molar refractivity (Wildman–Crippen MR) is 129 cm³/mol. The Morgan fingerprint density at radius 1 is 1.03 bits per heavy atom. The molecule has 4 nitrogen and oxygen atoms in total. The first kappa shape index (κ1) is 24.0. The number of pyridine rings is 2. The molecular weight excluding hydrogens is 399 g/mol.